The Hall–Kier alpha value is -2.69. The highest BCUT2D eigenvalue weighted by Crippen LogP contribution is 2.08. The van der Waals surface area contributed by atoms with Crippen molar-refractivity contribution in [3.63, 3.8) is 0 Å². The molecule has 0 spiro atoms. The van der Waals surface area contributed by atoms with Crippen molar-refractivity contribution in [3.8, 4) is 0 Å². The van der Waals surface area contributed by atoms with Gasteiger partial charge >= 0.3 is 11.9 Å². The molecule has 11 nitrogen and oxygen atoms in total. The Bertz CT molecular complexity index is 638. The Morgan fingerprint density at radius 3 is 1.87 bits per heavy atom. The number of amides is 3. The van der Waals surface area contributed by atoms with Crippen molar-refractivity contribution in [1.82, 2.24) is 16.0 Å². The number of carboxylic acid groups (broad SMARTS) is 2. The van der Waals surface area contributed by atoms with Crippen LogP contribution >= 0.6 is 0 Å². The molecule has 0 heterocycles. The number of nitrogens with two attached hydrogens (primary N) is 1. The molecule has 0 saturated carbocycles. The van der Waals surface area contributed by atoms with E-state index < -0.39 is 53.8 Å². The van der Waals surface area contributed by atoms with Crippen LogP contribution in [0.4, 0.5) is 0 Å². The van der Waals surface area contributed by atoms with Gasteiger partial charge in [-0.2, -0.15) is 0 Å². The maximum Gasteiger partial charge on any atom is 0.326 e. The number of hydrogen-bond acceptors (Lipinski definition) is 6. The lowest BCUT2D eigenvalue weighted by molar-refractivity contribution is -0.143. The van der Waals surface area contributed by atoms with Crippen LogP contribution in [0.15, 0.2) is 0 Å². The van der Waals surface area contributed by atoms with E-state index >= 15 is 0 Å². The van der Waals surface area contributed by atoms with E-state index in [9.17, 15) is 29.1 Å². The molecule has 0 aliphatic heterocycles. The molecule has 0 saturated heterocycles. The Kier molecular flexibility index (Phi) is 11.6. The molecule has 0 aliphatic carbocycles. The van der Waals surface area contributed by atoms with Gasteiger partial charge in [0, 0.05) is 6.42 Å². The average Bonchev–Trinajstić information content (AvgIpc) is 2.66. The highest BCUT2D eigenvalue weighted by molar-refractivity contribution is 5.94. The van der Waals surface area contributed by atoms with E-state index in [0.29, 0.717) is 6.42 Å². The van der Waals surface area contributed by atoms with Gasteiger partial charge in [-0.05, 0) is 25.2 Å². The monoisotopic (exact) mass is 430 g/mol. The number of carbonyl (C=O) groups is 5. The van der Waals surface area contributed by atoms with E-state index in [1.54, 1.807) is 27.7 Å². The number of rotatable bonds is 13. The van der Waals surface area contributed by atoms with E-state index in [4.69, 9.17) is 10.8 Å². The summed E-state index contributed by atoms with van der Waals surface area (Å²) in [4.78, 5) is 59.3. The summed E-state index contributed by atoms with van der Waals surface area (Å²) in [5.74, 6) is -4.96. The minimum Gasteiger partial charge on any atom is -0.481 e. The van der Waals surface area contributed by atoms with Gasteiger partial charge in [0.1, 0.15) is 18.1 Å². The molecule has 3 amide bonds. The van der Waals surface area contributed by atoms with Crippen molar-refractivity contribution in [2.75, 3.05) is 0 Å². The minimum atomic E-state index is -1.21. The van der Waals surface area contributed by atoms with Crippen LogP contribution in [0.5, 0.6) is 0 Å². The Morgan fingerprint density at radius 2 is 1.43 bits per heavy atom. The average molecular weight is 431 g/mol. The molecule has 30 heavy (non-hydrogen) atoms. The zero-order valence-corrected chi connectivity index (χ0v) is 18.1. The molecule has 0 aliphatic rings. The zero-order valence-electron chi connectivity index (χ0n) is 18.1. The largest absolute Gasteiger partial charge is 0.481 e. The first-order valence-electron chi connectivity index (χ1n) is 9.93. The molecule has 11 heteroatoms. The van der Waals surface area contributed by atoms with Crippen molar-refractivity contribution in [1.29, 1.82) is 0 Å². The number of hydrogen-bond donors (Lipinski definition) is 6. The lowest BCUT2D eigenvalue weighted by atomic mass is 9.99. The number of carboxylic acids is 2. The van der Waals surface area contributed by atoms with Crippen LogP contribution in [-0.2, 0) is 24.0 Å². The van der Waals surface area contributed by atoms with E-state index in [1.165, 1.54) is 6.92 Å². The van der Waals surface area contributed by atoms with Crippen LogP contribution in [-0.4, -0.2) is 64.0 Å². The minimum absolute atomic E-state index is 0.198. The van der Waals surface area contributed by atoms with Crippen molar-refractivity contribution >= 4 is 29.7 Å². The summed E-state index contributed by atoms with van der Waals surface area (Å²) in [7, 11) is 0. The van der Waals surface area contributed by atoms with Crippen molar-refractivity contribution in [2.24, 2.45) is 17.6 Å². The second-order valence-electron chi connectivity index (χ2n) is 7.70. The molecule has 0 radical (unpaired) electrons. The molecule has 0 aromatic rings. The van der Waals surface area contributed by atoms with Gasteiger partial charge < -0.3 is 31.9 Å². The van der Waals surface area contributed by atoms with Crippen molar-refractivity contribution in [2.45, 2.75) is 78.0 Å². The lowest BCUT2D eigenvalue weighted by Gasteiger charge is -2.25. The summed E-state index contributed by atoms with van der Waals surface area (Å²) < 4.78 is 0. The quantitative estimate of drug-likeness (QED) is 0.224. The molecule has 0 fully saturated rings. The standard InChI is InChI=1S/C19H34N4O7/c1-6-10(4)15(19(29)30)23-16(26)11(5)21-17(27)12(7-8-13(24)25)22-18(28)14(20)9(2)3/h9-12,14-15H,6-8,20H2,1-5H3,(H,21,27)(H,22,28)(H,23,26)(H,24,25)(H,29,30). The van der Waals surface area contributed by atoms with Gasteiger partial charge in [0.2, 0.25) is 17.7 Å². The second kappa shape index (κ2) is 12.8. The van der Waals surface area contributed by atoms with E-state index in [0.717, 1.165) is 0 Å². The second-order valence-corrected chi connectivity index (χ2v) is 7.70. The van der Waals surface area contributed by atoms with E-state index in [1.807, 2.05) is 0 Å². The molecule has 172 valence electrons. The third-order valence-electron chi connectivity index (χ3n) is 4.83. The summed E-state index contributed by atoms with van der Waals surface area (Å²) >= 11 is 0. The van der Waals surface area contributed by atoms with Gasteiger partial charge in [0.05, 0.1) is 6.04 Å². The van der Waals surface area contributed by atoms with E-state index in [-0.39, 0.29) is 24.7 Å². The third kappa shape index (κ3) is 9.21. The molecule has 0 aromatic heterocycles. The normalized spacial score (nSPS) is 16.0. The van der Waals surface area contributed by atoms with Crippen LogP contribution in [0.1, 0.15) is 53.9 Å². The van der Waals surface area contributed by atoms with Crippen LogP contribution in [0.25, 0.3) is 0 Å². The molecular weight excluding hydrogens is 396 g/mol. The molecule has 7 N–H and O–H groups in total. The van der Waals surface area contributed by atoms with Gasteiger partial charge in [0.15, 0.2) is 0 Å². The summed E-state index contributed by atoms with van der Waals surface area (Å²) in [6.45, 7) is 8.27. The van der Waals surface area contributed by atoms with Crippen molar-refractivity contribution < 1.29 is 34.2 Å². The third-order valence-corrected chi connectivity index (χ3v) is 4.83. The number of carbonyl (C=O) groups excluding carboxylic acids is 3. The highest BCUT2D eigenvalue weighted by Gasteiger charge is 2.30. The Balaban J connectivity index is 5.17. The number of aliphatic carboxylic acids is 2. The SMILES string of the molecule is CCC(C)C(NC(=O)C(C)NC(=O)C(CCC(=O)O)NC(=O)C(N)C(C)C)C(=O)O. The topological polar surface area (TPSA) is 188 Å². The first-order chi connectivity index (χ1) is 13.8. The molecule has 0 rings (SSSR count). The Labute approximate surface area is 176 Å². The van der Waals surface area contributed by atoms with Gasteiger partial charge in [-0.1, -0.05) is 34.1 Å². The maximum absolute atomic E-state index is 12.6. The fourth-order valence-corrected chi connectivity index (χ4v) is 2.45. The Morgan fingerprint density at radius 1 is 0.867 bits per heavy atom. The summed E-state index contributed by atoms with van der Waals surface area (Å²) in [6, 6.07) is -4.32. The van der Waals surface area contributed by atoms with Crippen molar-refractivity contribution in [3.05, 3.63) is 0 Å². The van der Waals surface area contributed by atoms with Gasteiger partial charge in [-0.15, -0.1) is 0 Å². The number of nitrogens with one attached hydrogen (secondary N) is 3. The van der Waals surface area contributed by atoms with Crippen LogP contribution in [0, 0.1) is 11.8 Å². The van der Waals surface area contributed by atoms with Crippen LogP contribution in [0.3, 0.4) is 0 Å². The predicted molar refractivity (Wildman–Crippen MR) is 108 cm³/mol. The molecule has 0 aromatic carbocycles. The smallest absolute Gasteiger partial charge is 0.326 e. The molecule has 5 unspecified atom stereocenters. The highest BCUT2D eigenvalue weighted by atomic mass is 16.4. The lowest BCUT2D eigenvalue weighted by Crippen LogP contribution is -2.57. The summed E-state index contributed by atoms with van der Waals surface area (Å²) in [5, 5.41) is 25.3. The van der Waals surface area contributed by atoms with Gasteiger partial charge in [0.25, 0.3) is 0 Å². The first kappa shape index (κ1) is 27.3. The summed E-state index contributed by atoms with van der Waals surface area (Å²) in [6.07, 6.45) is -0.0565. The van der Waals surface area contributed by atoms with Crippen LogP contribution in [0.2, 0.25) is 0 Å². The van der Waals surface area contributed by atoms with Gasteiger partial charge in [-0.3, -0.25) is 19.2 Å². The molecular formula is C19H34N4O7. The maximum atomic E-state index is 12.6. The predicted octanol–water partition coefficient (Wildman–Crippen LogP) is -0.560. The fourth-order valence-electron chi connectivity index (χ4n) is 2.45. The fraction of sp³-hybridized carbons (Fsp3) is 0.737. The summed E-state index contributed by atoms with van der Waals surface area (Å²) in [5.41, 5.74) is 5.76. The van der Waals surface area contributed by atoms with E-state index in [2.05, 4.69) is 16.0 Å². The molecule has 0 bridgehead atoms. The van der Waals surface area contributed by atoms with Gasteiger partial charge in [-0.25, -0.2) is 4.79 Å². The zero-order chi connectivity index (χ0) is 23.6. The van der Waals surface area contributed by atoms with Crippen LogP contribution < -0.4 is 21.7 Å². The molecule has 5 atom stereocenters. The first-order valence-corrected chi connectivity index (χ1v) is 9.93.